The van der Waals surface area contributed by atoms with E-state index in [1.165, 1.54) is 29.3 Å². The Morgan fingerprint density at radius 1 is 1.27 bits per heavy atom. The fraction of sp³-hybridized carbons (Fsp3) is 0.579. The molecule has 2 nitrogen and oxygen atoms in total. The van der Waals surface area contributed by atoms with Crippen molar-refractivity contribution in [3.63, 3.8) is 0 Å². The van der Waals surface area contributed by atoms with Crippen LogP contribution in [0, 0.1) is 17.3 Å². The van der Waals surface area contributed by atoms with E-state index in [9.17, 15) is 0 Å². The summed E-state index contributed by atoms with van der Waals surface area (Å²) >= 11 is 6.40. The summed E-state index contributed by atoms with van der Waals surface area (Å²) in [6.07, 6.45) is 6.02. The zero-order chi connectivity index (χ0) is 15.5. The summed E-state index contributed by atoms with van der Waals surface area (Å²) in [4.78, 5) is 0. The van der Waals surface area contributed by atoms with E-state index in [2.05, 4.69) is 43.0 Å². The van der Waals surface area contributed by atoms with E-state index in [0.29, 0.717) is 5.41 Å². The third-order valence-corrected chi connectivity index (χ3v) is 6.55. The molecule has 2 aliphatic carbocycles. The van der Waals surface area contributed by atoms with Gasteiger partial charge in [-0.05, 0) is 60.8 Å². The Kier molecular flexibility index (Phi) is 3.32. The maximum Gasteiger partial charge on any atom is 0.0502 e. The number of hydrogen-bond donors (Lipinski definition) is 1. The summed E-state index contributed by atoms with van der Waals surface area (Å²) in [7, 11) is 2.10. The van der Waals surface area contributed by atoms with E-state index < -0.39 is 0 Å². The molecule has 0 spiro atoms. The van der Waals surface area contributed by atoms with Crippen molar-refractivity contribution in [2.75, 3.05) is 6.54 Å². The zero-order valence-corrected chi connectivity index (χ0v) is 14.5. The highest BCUT2D eigenvalue weighted by Gasteiger charge is 2.61. The van der Waals surface area contributed by atoms with Crippen LogP contribution in [0.3, 0.4) is 0 Å². The number of aromatic nitrogens is 1. The molecule has 1 heterocycles. The lowest BCUT2D eigenvalue weighted by molar-refractivity contribution is 0.387. The van der Waals surface area contributed by atoms with Crippen LogP contribution in [0.1, 0.15) is 32.3 Å². The number of hydrogen-bond acceptors (Lipinski definition) is 1. The van der Waals surface area contributed by atoms with Crippen molar-refractivity contribution in [3.05, 3.63) is 35.0 Å². The Bertz CT molecular complexity index is 702. The minimum atomic E-state index is 0.626. The molecule has 0 bridgehead atoms. The number of rotatable bonds is 4. The van der Waals surface area contributed by atoms with Crippen LogP contribution in [0.5, 0.6) is 0 Å². The molecule has 2 fully saturated rings. The van der Waals surface area contributed by atoms with Gasteiger partial charge in [0.05, 0.1) is 5.02 Å². The van der Waals surface area contributed by atoms with Gasteiger partial charge in [-0.3, -0.25) is 0 Å². The van der Waals surface area contributed by atoms with E-state index in [1.54, 1.807) is 0 Å². The quantitative estimate of drug-likeness (QED) is 0.884. The Labute approximate surface area is 137 Å². The normalized spacial score (nSPS) is 29.0. The Morgan fingerprint density at radius 3 is 2.73 bits per heavy atom. The van der Waals surface area contributed by atoms with Crippen LogP contribution < -0.4 is 5.32 Å². The first-order valence-electron chi connectivity index (χ1n) is 8.44. The van der Waals surface area contributed by atoms with E-state index in [4.69, 9.17) is 11.6 Å². The van der Waals surface area contributed by atoms with Crippen molar-refractivity contribution in [2.24, 2.45) is 24.3 Å². The third kappa shape index (κ3) is 2.19. The van der Waals surface area contributed by atoms with Gasteiger partial charge in [0.2, 0.25) is 0 Å². The van der Waals surface area contributed by atoms with Crippen molar-refractivity contribution < 1.29 is 0 Å². The highest BCUT2D eigenvalue weighted by molar-refractivity contribution is 6.35. The van der Waals surface area contributed by atoms with Crippen molar-refractivity contribution in [3.8, 4) is 0 Å². The summed E-state index contributed by atoms with van der Waals surface area (Å²) in [5.74, 6) is 1.94. The van der Waals surface area contributed by atoms with Gasteiger partial charge in [-0.15, -0.1) is 0 Å². The van der Waals surface area contributed by atoms with Crippen LogP contribution in [-0.4, -0.2) is 17.2 Å². The molecule has 22 heavy (non-hydrogen) atoms. The SMILES string of the molecule is Cn1cc(CCNC2CC3[C@H](C2)C3(C)C)c2c(Cl)cccc21. The average Bonchev–Trinajstić information content (AvgIpc) is 2.87. The molecule has 0 aliphatic heterocycles. The minimum Gasteiger partial charge on any atom is -0.350 e. The highest BCUT2D eigenvalue weighted by atomic mass is 35.5. The summed E-state index contributed by atoms with van der Waals surface area (Å²) in [5.41, 5.74) is 3.21. The van der Waals surface area contributed by atoms with Gasteiger partial charge in [0.1, 0.15) is 0 Å². The van der Waals surface area contributed by atoms with Gasteiger partial charge in [0, 0.05) is 30.2 Å². The first kappa shape index (κ1) is 14.6. The van der Waals surface area contributed by atoms with Crippen LogP contribution in [0.4, 0.5) is 0 Å². The maximum atomic E-state index is 6.40. The van der Waals surface area contributed by atoms with Crippen LogP contribution in [0.2, 0.25) is 5.02 Å². The highest BCUT2D eigenvalue weighted by Crippen LogP contribution is 2.66. The zero-order valence-electron chi connectivity index (χ0n) is 13.7. The molecule has 1 aromatic heterocycles. The molecule has 1 N–H and O–H groups in total. The van der Waals surface area contributed by atoms with Crippen molar-refractivity contribution >= 4 is 22.5 Å². The number of fused-ring (bicyclic) bond motifs is 2. The molecule has 2 unspecified atom stereocenters. The molecule has 2 aliphatic rings. The Morgan fingerprint density at radius 2 is 2.00 bits per heavy atom. The molecule has 0 saturated heterocycles. The number of nitrogens with one attached hydrogen (secondary N) is 1. The second-order valence-corrected chi connectivity index (χ2v) is 8.21. The van der Waals surface area contributed by atoms with Crippen LogP contribution in [-0.2, 0) is 13.5 Å². The van der Waals surface area contributed by atoms with E-state index >= 15 is 0 Å². The number of benzene rings is 1. The largest absolute Gasteiger partial charge is 0.350 e. The number of aryl methyl sites for hydroxylation is 1. The topological polar surface area (TPSA) is 17.0 Å². The molecular formula is C19H25ClN2. The lowest BCUT2D eigenvalue weighted by Crippen LogP contribution is -2.30. The predicted octanol–water partition coefficient (Wildman–Crippen LogP) is 4.40. The summed E-state index contributed by atoms with van der Waals surface area (Å²) in [6, 6.07) is 6.89. The van der Waals surface area contributed by atoms with Gasteiger partial charge in [0.25, 0.3) is 0 Å². The third-order valence-electron chi connectivity index (χ3n) is 6.23. The van der Waals surface area contributed by atoms with E-state index in [-0.39, 0.29) is 0 Å². The molecule has 1 aromatic carbocycles. The smallest absolute Gasteiger partial charge is 0.0502 e. The van der Waals surface area contributed by atoms with Gasteiger partial charge in [-0.2, -0.15) is 0 Å². The average molecular weight is 317 g/mol. The first-order chi connectivity index (χ1) is 10.5. The van der Waals surface area contributed by atoms with Gasteiger partial charge in [-0.1, -0.05) is 31.5 Å². The van der Waals surface area contributed by atoms with Crippen LogP contribution in [0.15, 0.2) is 24.4 Å². The molecule has 4 rings (SSSR count). The van der Waals surface area contributed by atoms with Gasteiger partial charge in [-0.25, -0.2) is 0 Å². The van der Waals surface area contributed by atoms with Gasteiger partial charge in [0.15, 0.2) is 0 Å². The summed E-state index contributed by atoms with van der Waals surface area (Å²) in [5, 5.41) is 5.87. The van der Waals surface area contributed by atoms with Crippen molar-refractivity contribution in [1.82, 2.24) is 9.88 Å². The molecule has 3 heteroatoms. The maximum absolute atomic E-state index is 6.40. The molecule has 118 valence electrons. The van der Waals surface area contributed by atoms with Crippen LogP contribution >= 0.6 is 11.6 Å². The van der Waals surface area contributed by atoms with E-state index in [0.717, 1.165) is 35.9 Å². The van der Waals surface area contributed by atoms with Crippen molar-refractivity contribution in [1.29, 1.82) is 0 Å². The summed E-state index contributed by atoms with van der Waals surface area (Å²) < 4.78 is 2.18. The van der Waals surface area contributed by atoms with Crippen LogP contribution in [0.25, 0.3) is 10.9 Å². The van der Waals surface area contributed by atoms with Crippen molar-refractivity contribution in [2.45, 2.75) is 39.2 Å². The number of nitrogens with zero attached hydrogens (tertiary/aromatic N) is 1. The monoisotopic (exact) mass is 316 g/mol. The predicted molar refractivity (Wildman–Crippen MR) is 93.4 cm³/mol. The molecule has 3 atom stereocenters. The van der Waals surface area contributed by atoms with Gasteiger partial charge >= 0.3 is 0 Å². The lowest BCUT2D eigenvalue weighted by atomic mass is 9.98. The molecular weight excluding hydrogens is 292 g/mol. The molecule has 0 amide bonds. The second-order valence-electron chi connectivity index (χ2n) is 7.81. The van der Waals surface area contributed by atoms with E-state index in [1.807, 2.05) is 12.1 Å². The fourth-order valence-corrected chi connectivity index (χ4v) is 5.05. The Balaban J connectivity index is 1.39. The Hall–Kier alpha value is -0.990. The second kappa shape index (κ2) is 5.01. The number of halogens is 1. The molecule has 2 aromatic rings. The standard InChI is InChI=1S/C19H25ClN2/c1-19(2)14-9-13(10-15(14)19)21-8-7-12-11-22(3)17-6-4-5-16(20)18(12)17/h4-6,11,13-15,21H,7-10H2,1-3H3/t13?,14-,15?/m0/s1. The fourth-order valence-electron chi connectivity index (χ4n) is 4.76. The lowest BCUT2D eigenvalue weighted by Gasteiger charge is -2.18. The van der Waals surface area contributed by atoms with Gasteiger partial charge < -0.3 is 9.88 Å². The first-order valence-corrected chi connectivity index (χ1v) is 8.82. The summed E-state index contributed by atoms with van der Waals surface area (Å²) in [6.45, 7) is 5.90. The minimum absolute atomic E-state index is 0.626. The molecule has 0 radical (unpaired) electrons. The molecule has 2 saturated carbocycles.